The first-order valence-corrected chi connectivity index (χ1v) is 27.4. The van der Waals surface area contributed by atoms with Crippen LogP contribution < -0.4 is 0 Å². The summed E-state index contributed by atoms with van der Waals surface area (Å²) < 4.78 is 48.6. The Labute approximate surface area is 448 Å². The minimum absolute atomic E-state index is 0.135. The van der Waals surface area contributed by atoms with E-state index in [0.29, 0.717) is 44.9 Å². The van der Waals surface area contributed by atoms with Gasteiger partial charge in [0.2, 0.25) is 0 Å². The summed E-state index contributed by atoms with van der Waals surface area (Å²) >= 11 is 0. The molecule has 4 saturated carbocycles. The molecule has 5 aliphatic carbocycles. The molecular weight excluding hydrogens is 1020 g/mol. The van der Waals surface area contributed by atoms with Crippen molar-refractivity contribution in [3.63, 3.8) is 0 Å². The van der Waals surface area contributed by atoms with Crippen molar-refractivity contribution in [1.82, 2.24) is 0 Å². The summed E-state index contributed by atoms with van der Waals surface area (Å²) in [7, 11) is 0. The Hall–Kier alpha value is -2.53. The van der Waals surface area contributed by atoms with Crippen molar-refractivity contribution >= 4 is 17.9 Å². The van der Waals surface area contributed by atoms with Crippen molar-refractivity contribution in [2.75, 3.05) is 19.8 Å². The lowest BCUT2D eigenvalue weighted by Gasteiger charge is -2.73. The highest BCUT2D eigenvalue weighted by molar-refractivity contribution is 5.73. The number of carbonyl (C=O) groups excluding carboxylic acids is 2. The van der Waals surface area contributed by atoms with Crippen LogP contribution in [0.25, 0.3) is 0 Å². The molecule has 8 aliphatic rings. The number of esters is 2. The van der Waals surface area contributed by atoms with E-state index < -0.39 is 199 Å². The second-order valence-corrected chi connectivity index (χ2v) is 25.7. The van der Waals surface area contributed by atoms with Crippen LogP contribution in [0.3, 0.4) is 0 Å². The number of carboxylic acids is 1. The molecule has 0 amide bonds. The van der Waals surface area contributed by atoms with E-state index in [4.69, 9.17) is 37.9 Å². The third-order valence-corrected chi connectivity index (χ3v) is 20.9. The van der Waals surface area contributed by atoms with E-state index >= 15 is 0 Å². The van der Waals surface area contributed by atoms with Gasteiger partial charge in [-0.25, -0.2) is 4.79 Å². The minimum Gasteiger partial charge on any atom is -0.479 e. The third kappa shape index (κ3) is 9.53. The Balaban J connectivity index is 1.13. The number of allylic oxidation sites excluding steroid dienone is 1. The van der Waals surface area contributed by atoms with Gasteiger partial charge in [-0.05, 0) is 78.9 Å². The van der Waals surface area contributed by atoms with Gasteiger partial charge in [-0.15, -0.1) is 0 Å². The summed E-state index contributed by atoms with van der Waals surface area (Å²) in [6, 6.07) is 0. The molecule has 440 valence electrons. The topological polar surface area (TPSA) is 368 Å². The Morgan fingerprint density at radius 3 is 1.99 bits per heavy atom. The molecule has 27 unspecified atom stereocenters. The van der Waals surface area contributed by atoms with Crippen molar-refractivity contribution in [3.05, 3.63) is 11.6 Å². The van der Waals surface area contributed by atoms with Crippen molar-refractivity contribution in [1.29, 1.82) is 0 Å². The average molecular weight is 1100 g/mol. The summed E-state index contributed by atoms with van der Waals surface area (Å²) in [6.07, 6.45) is -26.7. The fourth-order valence-corrected chi connectivity index (χ4v) is 16.1. The van der Waals surface area contributed by atoms with E-state index in [1.165, 1.54) is 6.92 Å². The van der Waals surface area contributed by atoms with Gasteiger partial charge in [-0.1, -0.05) is 74.0 Å². The van der Waals surface area contributed by atoms with E-state index in [0.717, 1.165) is 5.57 Å². The molecule has 77 heavy (non-hydrogen) atoms. The molecule has 0 aromatic carbocycles. The van der Waals surface area contributed by atoms with Crippen LogP contribution in [-0.2, 0) is 52.3 Å². The van der Waals surface area contributed by atoms with Gasteiger partial charge in [0, 0.05) is 17.8 Å². The number of aliphatic carboxylic acids is 1. The molecule has 7 fully saturated rings. The highest BCUT2D eigenvalue weighted by atomic mass is 16.8. The highest BCUT2D eigenvalue weighted by Gasteiger charge is 2.76. The number of aliphatic hydroxyl groups is 11. The molecule has 0 aromatic rings. The first-order valence-electron chi connectivity index (χ1n) is 27.4. The van der Waals surface area contributed by atoms with E-state index in [9.17, 15) is 75.7 Å². The number of hydrogen-bond donors (Lipinski definition) is 12. The summed E-state index contributed by atoms with van der Waals surface area (Å²) in [5.41, 5.74) is -4.75. The fraction of sp³-hybridized carbons (Fsp3) is 0.907. The van der Waals surface area contributed by atoms with E-state index in [-0.39, 0.29) is 11.8 Å². The molecule has 3 heterocycles. The third-order valence-electron chi connectivity index (χ3n) is 20.9. The predicted molar refractivity (Wildman–Crippen MR) is 263 cm³/mol. The van der Waals surface area contributed by atoms with Gasteiger partial charge in [0.1, 0.15) is 67.1 Å². The van der Waals surface area contributed by atoms with Crippen molar-refractivity contribution < 1.29 is 114 Å². The van der Waals surface area contributed by atoms with E-state index in [2.05, 4.69) is 19.9 Å². The molecule has 12 N–H and O–H groups in total. The largest absolute Gasteiger partial charge is 0.479 e. The van der Waals surface area contributed by atoms with Crippen LogP contribution in [-0.4, -0.2) is 216 Å². The van der Waals surface area contributed by atoms with Crippen LogP contribution in [0, 0.1) is 56.2 Å². The van der Waals surface area contributed by atoms with Crippen molar-refractivity contribution in [2.45, 2.75) is 231 Å². The first kappa shape index (κ1) is 60.6. The number of hydrogen-bond acceptors (Lipinski definition) is 22. The number of fused-ring (bicyclic) bond motifs is 7. The van der Waals surface area contributed by atoms with Gasteiger partial charge in [-0.2, -0.15) is 0 Å². The number of carboxylic acid groups (broad SMARTS) is 1. The van der Waals surface area contributed by atoms with Gasteiger partial charge in [-0.3, -0.25) is 9.59 Å². The number of rotatable bonds is 13. The lowest BCUT2D eigenvalue weighted by atomic mass is 9.32. The van der Waals surface area contributed by atoms with Crippen LogP contribution >= 0.6 is 0 Å². The van der Waals surface area contributed by atoms with Crippen LogP contribution in [0.5, 0.6) is 0 Å². The Morgan fingerprint density at radius 2 is 1.38 bits per heavy atom. The normalized spacial score (nSPS) is 50.6. The van der Waals surface area contributed by atoms with Crippen molar-refractivity contribution in [2.24, 2.45) is 56.2 Å². The zero-order chi connectivity index (χ0) is 57.0. The molecular formula is C54H86O23. The SMILES string of the molecule is CCC(C)C(=O)OC1C(OC(C)=O)C(C)(C)CC2C3=CCC4C5(C)CCC(OC6OC(C(=O)O)C(O)C(OC7OCC(O)C(O)C7O)C6OC6OC(CO)C(O)C(O)C6O)C(C)(C)C5CCC4(C)C3(C)C(O)C(O)C21CO. The Morgan fingerprint density at radius 1 is 0.727 bits per heavy atom. The van der Waals surface area contributed by atoms with E-state index in [1.54, 1.807) is 6.92 Å². The van der Waals surface area contributed by atoms with Crippen LogP contribution in [0.2, 0.25) is 0 Å². The Kier molecular flexibility index (Phi) is 17.0. The molecule has 27 atom stereocenters. The van der Waals surface area contributed by atoms with Gasteiger partial charge in [0.25, 0.3) is 0 Å². The summed E-state index contributed by atoms with van der Waals surface area (Å²) in [5, 5.41) is 134. The number of ether oxygens (including phenoxy) is 8. The molecule has 3 aliphatic heterocycles. The smallest absolute Gasteiger partial charge is 0.335 e. The first-order chi connectivity index (χ1) is 35.8. The lowest BCUT2D eigenvalue weighted by Crippen LogP contribution is -2.76. The van der Waals surface area contributed by atoms with Crippen LogP contribution in [0.1, 0.15) is 114 Å². The van der Waals surface area contributed by atoms with Crippen molar-refractivity contribution in [3.8, 4) is 0 Å². The summed E-state index contributed by atoms with van der Waals surface area (Å²) in [5.74, 6) is -4.32. The van der Waals surface area contributed by atoms with Gasteiger partial charge >= 0.3 is 17.9 Å². The molecule has 23 heteroatoms. The van der Waals surface area contributed by atoms with Gasteiger partial charge in [0.05, 0.1) is 49.5 Å². The molecule has 0 bridgehead atoms. The monoisotopic (exact) mass is 1100 g/mol. The highest BCUT2D eigenvalue weighted by Crippen LogP contribution is 2.76. The fourth-order valence-electron chi connectivity index (χ4n) is 16.1. The maximum absolute atomic E-state index is 13.7. The van der Waals surface area contributed by atoms with Crippen LogP contribution in [0.15, 0.2) is 11.6 Å². The minimum atomic E-state index is -2.12. The number of carbonyl (C=O) groups is 3. The predicted octanol–water partition coefficient (Wildman–Crippen LogP) is -0.604. The molecule has 0 radical (unpaired) electrons. The Bertz CT molecular complexity index is 2190. The molecule has 3 saturated heterocycles. The summed E-state index contributed by atoms with van der Waals surface area (Å²) in [6.45, 7) is 16.9. The zero-order valence-electron chi connectivity index (χ0n) is 45.8. The molecule has 23 nitrogen and oxygen atoms in total. The average Bonchev–Trinajstić information content (AvgIpc) is 3.57. The van der Waals surface area contributed by atoms with Gasteiger partial charge < -0.3 is 99.2 Å². The zero-order valence-corrected chi connectivity index (χ0v) is 45.8. The molecule has 8 rings (SSSR count). The second-order valence-electron chi connectivity index (χ2n) is 25.7. The quantitative estimate of drug-likeness (QED) is 0.0622. The standard InChI is InChI=1S/C54H86O23/c1-11-22(2)45(69)77-43-42(71-23(3)57)49(4,5)18-25-24-12-13-29-51(8)16-15-30(50(6,7)28(51)14-17-52(29,9)53(24,10)40(65)41(66)54(25,43)21-56)73-48-39(76-47-35(63)33(61)32(60)27(19-55)72-47)37(36(64)38(75-48)44(67)68)74-46-34(62)31(59)26(58)20-70-46/h12,22,25-43,46-48,55-56,58-66H,11,13-21H2,1-10H3,(H,67,68). The summed E-state index contributed by atoms with van der Waals surface area (Å²) in [4.78, 5) is 39.3. The number of aliphatic hydroxyl groups excluding tert-OH is 11. The maximum atomic E-state index is 13.7. The lowest BCUT2D eigenvalue weighted by molar-refractivity contribution is -0.392. The van der Waals surface area contributed by atoms with Gasteiger partial charge in [0.15, 0.2) is 31.1 Å². The second kappa shape index (κ2) is 21.7. The maximum Gasteiger partial charge on any atom is 0.335 e. The van der Waals surface area contributed by atoms with Crippen LogP contribution in [0.4, 0.5) is 0 Å². The van der Waals surface area contributed by atoms with E-state index in [1.807, 2.05) is 41.5 Å². The molecule has 0 aromatic heterocycles. The molecule has 0 spiro atoms.